The van der Waals surface area contributed by atoms with Gasteiger partial charge >= 0.3 is 0 Å². The summed E-state index contributed by atoms with van der Waals surface area (Å²) in [6, 6.07) is 7.73. The standard InChI is InChI=1S/C15H15ClN4/c1-20-9-8-19-15(20)5-7-17-13-4-6-18-14-10-11(16)2-3-12(13)14/h2-4,6,8-10H,5,7H2,1H3,(H,17,18). The first-order valence-electron chi connectivity index (χ1n) is 6.48. The molecular formula is C15H15ClN4. The molecule has 20 heavy (non-hydrogen) atoms. The summed E-state index contributed by atoms with van der Waals surface area (Å²) in [4.78, 5) is 8.65. The van der Waals surface area contributed by atoms with E-state index < -0.39 is 0 Å². The van der Waals surface area contributed by atoms with Gasteiger partial charge in [-0.25, -0.2) is 4.98 Å². The van der Waals surface area contributed by atoms with Crippen LogP contribution in [-0.2, 0) is 13.5 Å². The first-order valence-corrected chi connectivity index (χ1v) is 6.86. The van der Waals surface area contributed by atoms with Crippen molar-refractivity contribution in [3.05, 3.63) is 53.7 Å². The molecule has 1 N–H and O–H groups in total. The molecule has 0 radical (unpaired) electrons. The van der Waals surface area contributed by atoms with Gasteiger partial charge in [0.1, 0.15) is 5.82 Å². The van der Waals surface area contributed by atoms with Gasteiger partial charge in [0.25, 0.3) is 0 Å². The van der Waals surface area contributed by atoms with Crippen molar-refractivity contribution >= 4 is 28.2 Å². The summed E-state index contributed by atoms with van der Waals surface area (Å²) in [6.45, 7) is 0.826. The third-order valence-electron chi connectivity index (χ3n) is 3.29. The summed E-state index contributed by atoms with van der Waals surface area (Å²) in [5.41, 5.74) is 1.97. The second kappa shape index (κ2) is 5.51. The number of hydrogen-bond acceptors (Lipinski definition) is 3. The molecule has 0 unspecified atom stereocenters. The van der Waals surface area contributed by atoms with Gasteiger partial charge in [0.15, 0.2) is 0 Å². The Labute approximate surface area is 122 Å². The van der Waals surface area contributed by atoms with Crippen molar-refractivity contribution in [1.29, 1.82) is 0 Å². The lowest BCUT2D eigenvalue weighted by Gasteiger charge is -2.09. The van der Waals surface area contributed by atoms with E-state index in [4.69, 9.17) is 11.6 Å². The van der Waals surface area contributed by atoms with Crippen molar-refractivity contribution in [2.75, 3.05) is 11.9 Å². The number of anilines is 1. The van der Waals surface area contributed by atoms with E-state index in [2.05, 4.69) is 15.3 Å². The van der Waals surface area contributed by atoms with Crippen molar-refractivity contribution in [3.63, 3.8) is 0 Å². The second-order valence-electron chi connectivity index (χ2n) is 4.65. The van der Waals surface area contributed by atoms with Crippen LogP contribution in [0.4, 0.5) is 5.69 Å². The highest BCUT2D eigenvalue weighted by Crippen LogP contribution is 2.24. The van der Waals surface area contributed by atoms with Gasteiger partial charge < -0.3 is 9.88 Å². The summed E-state index contributed by atoms with van der Waals surface area (Å²) in [7, 11) is 2.01. The zero-order valence-electron chi connectivity index (χ0n) is 11.2. The van der Waals surface area contributed by atoms with Crippen LogP contribution in [0.15, 0.2) is 42.9 Å². The number of aromatic nitrogens is 3. The highest BCUT2D eigenvalue weighted by atomic mass is 35.5. The molecule has 0 spiro atoms. The fraction of sp³-hybridized carbons (Fsp3) is 0.200. The number of nitrogens with zero attached hydrogens (tertiary/aromatic N) is 3. The maximum atomic E-state index is 5.99. The largest absolute Gasteiger partial charge is 0.384 e. The van der Waals surface area contributed by atoms with Gasteiger partial charge in [-0.2, -0.15) is 0 Å². The van der Waals surface area contributed by atoms with Gasteiger partial charge in [0, 0.05) is 54.7 Å². The Balaban J connectivity index is 1.76. The summed E-state index contributed by atoms with van der Waals surface area (Å²) >= 11 is 5.99. The van der Waals surface area contributed by atoms with Crippen LogP contribution < -0.4 is 5.32 Å². The molecule has 4 nitrogen and oxygen atoms in total. The molecule has 0 aliphatic rings. The fourth-order valence-electron chi connectivity index (χ4n) is 2.22. The van der Waals surface area contributed by atoms with Crippen LogP contribution in [0.3, 0.4) is 0 Å². The molecule has 0 fully saturated rings. The maximum absolute atomic E-state index is 5.99. The minimum atomic E-state index is 0.704. The zero-order chi connectivity index (χ0) is 13.9. The number of aryl methyl sites for hydroxylation is 1. The number of rotatable bonds is 4. The molecule has 2 heterocycles. The quantitative estimate of drug-likeness (QED) is 0.800. The van der Waals surface area contributed by atoms with Gasteiger partial charge in [-0.05, 0) is 24.3 Å². The molecule has 0 aliphatic heterocycles. The SMILES string of the molecule is Cn1ccnc1CCNc1ccnc2cc(Cl)ccc12. The Morgan fingerprint density at radius 1 is 1.20 bits per heavy atom. The monoisotopic (exact) mass is 286 g/mol. The van der Waals surface area contributed by atoms with Crippen molar-refractivity contribution in [1.82, 2.24) is 14.5 Å². The zero-order valence-corrected chi connectivity index (χ0v) is 11.9. The number of imidazole rings is 1. The molecular weight excluding hydrogens is 272 g/mol. The number of halogens is 1. The summed E-state index contributed by atoms with van der Waals surface area (Å²) < 4.78 is 2.03. The van der Waals surface area contributed by atoms with Crippen LogP contribution in [0.25, 0.3) is 10.9 Å². The van der Waals surface area contributed by atoms with Crippen LogP contribution in [-0.4, -0.2) is 21.1 Å². The lowest BCUT2D eigenvalue weighted by Crippen LogP contribution is -2.08. The second-order valence-corrected chi connectivity index (χ2v) is 5.09. The molecule has 3 aromatic rings. The number of nitrogens with one attached hydrogen (secondary N) is 1. The molecule has 1 aromatic carbocycles. The van der Waals surface area contributed by atoms with E-state index in [1.807, 2.05) is 48.3 Å². The van der Waals surface area contributed by atoms with E-state index in [1.54, 1.807) is 6.20 Å². The highest BCUT2D eigenvalue weighted by Gasteiger charge is 2.03. The molecule has 2 aromatic heterocycles. The molecule has 5 heteroatoms. The average molecular weight is 287 g/mol. The normalized spacial score (nSPS) is 10.9. The maximum Gasteiger partial charge on any atom is 0.110 e. The minimum absolute atomic E-state index is 0.704. The Kier molecular flexibility index (Phi) is 3.56. The highest BCUT2D eigenvalue weighted by molar-refractivity contribution is 6.31. The molecule has 0 saturated heterocycles. The molecule has 0 amide bonds. The topological polar surface area (TPSA) is 42.7 Å². The van der Waals surface area contributed by atoms with E-state index in [0.717, 1.165) is 35.4 Å². The fourth-order valence-corrected chi connectivity index (χ4v) is 2.39. The van der Waals surface area contributed by atoms with Crippen molar-refractivity contribution in [2.24, 2.45) is 7.05 Å². The number of hydrogen-bond donors (Lipinski definition) is 1. The van der Waals surface area contributed by atoms with Gasteiger partial charge in [-0.15, -0.1) is 0 Å². The summed E-state index contributed by atoms with van der Waals surface area (Å²) in [5, 5.41) is 5.22. The first-order chi connectivity index (χ1) is 9.74. The Hall–Kier alpha value is -2.07. The molecule has 0 saturated carbocycles. The Morgan fingerprint density at radius 3 is 2.90 bits per heavy atom. The van der Waals surface area contributed by atoms with E-state index in [9.17, 15) is 0 Å². The molecule has 0 bridgehead atoms. The van der Waals surface area contributed by atoms with Crippen LogP contribution in [0.1, 0.15) is 5.82 Å². The number of fused-ring (bicyclic) bond motifs is 1. The lowest BCUT2D eigenvalue weighted by molar-refractivity contribution is 0.790. The van der Waals surface area contributed by atoms with Gasteiger partial charge in [0.2, 0.25) is 0 Å². The Morgan fingerprint density at radius 2 is 2.10 bits per heavy atom. The molecule has 0 atom stereocenters. The molecule has 102 valence electrons. The smallest absolute Gasteiger partial charge is 0.110 e. The minimum Gasteiger partial charge on any atom is -0.384 e. The van der Waals surface area contributed by atoms with E-state index in [1.165, 1.54) is 0 Å². The van der Waals surface area contributed by atoms with Crippen molar-refractivity contribution < 1.29 is 0 Å². The average Bonchev–Trinajstić information content (AvgIpc) is 2.84. The number of pyridine rings is 1. The van der Waals surface area contributed by atoms with Crippen LogP contribution >= 0.6 is 11.6 Å². The van der Waals surface area contributed by atoms with Crippen molar-refractivity contribution in [2.45, 2.75) is 6.42 Å². The lowest BCUT2D eigenvalue weighted by atomic mass is 10.2. The van der Waals surface area contributed by atoms with Gasteiger partial charge in [-0.1, -0.05) is 11.6 Å². The van der Waals surface area contributed by atoms with Crippen molar-refractivity contribution in [3.8, 4) is 0 Å². The summed E-state index contributed by atoms with van der Waals surface area (Å²) in [6.07, 6.45) is 6.45. The van der Waals surface area contributed by atoms with E-state index in [0.29, 0.717) is 5.02 Å². The van der Waals surface area contributed by atoms with Crippen LogP contribution in [0.5, 0.6) is 0 Å². The Bertz CT molecular complexity index is 736. The molecule has 3 rings (SSSR count). The number of benzene rings is 1. The first kappa shape index (κ1) is 12.9. The van der Waals surface area contributed by atoms with E-state index in [-0.39, 0.29) is 0 Å². The third-order valence-corrected chi connectivity index (χ3v) is 3.52. The van der Waals surface area contributed by atoms with E-state index >= 15 is 0 Å². The van der Waals surface area contributed by atoms with Gasteiger partial charge in [-0.3, -0.25) is 4.98 Å². The summed E-state index contributed by atoms with van der Waals surface area (Å²) in [5.74, 6) is 1.07. The van der Waals surface area contributed by atoms with Crippen LogP contribution in [0.2, 0.25) is 5.02 Å². The molecule has 0 aliphatic carbocycles. The predicted octanol–water partition coefficient (Wildman–Crippen LogP) is 3.28. The van der Waals surface area contributed by atoms with Gasteiger partial charge in [0.05, 0.1) is 5.52 Å². The predicted molar refractivity (Wildman–Crippen MR) is 82.2 cm³/mol. The van der Waals surface area contributed by atoms with Crippen LogP contribution in [0, 0.1) is 0 Å². The third kappa shape index (κ3) is 2.60.